The van der Waals surface area contributed by atoms with Crippen molar-refractivity contribution in [3.63, 3.8) is 0 Å². The van der Waals surface area contributed by atoms with Crippen LogP contribution in [0, 0.1) is 12.8 Å². The van der Waals surface area contributed by atoms with E-state index in [9.17, 15) is 4.79 Å². The molecule has 0 spiro atoms. The van der Waals surface area contributed by atoms with Crippen LogP contribution in [-0.2, 0) is 11.8 Å². The van der Waals surface area contributed by atoms with Crippen molar-refractivity contribution in [3.05, 3.63) is 23.0 Å². The fourth-order valence-corrected chi connectivity index (χ4v) is 2.63. The first-order valence-electron chi connectivity index (χ1n) is 6.97. The lowest BCUT2D eigenvalue weighted by Crippen LogP contribution is -2.41. The van der Waals surface area contributed by atoms with Crippen molar-refractivity contribution in [2.45, 2.75) is 39.7 Å². The number of rotatable bonds is 4. The van der Waals surface area contributed by atoms with Crippen LogP contribution >= 0.6 is 0 Å². The van der Waals surface area contributed by atoms with Crippen molar-refractivity contribution in [1.82, 2.24) is 10.00 Å². The average molecular weight is 262 g/mol. The summed E-state index contributed by atoms with van der Waals surface area (Å²) in [5.74, 6) is 0.794. The molecule has 1 N–H and O–H groups in total. The minimum absolute atomic E-state index is 0.0207. The van der Waals surface area contributed by atoms with Gasteiger partial charge >= 0.3 is 0 Å². The Balaban J connectivity index is 2.28. The van der Waals surface area contributed by atoms with Gasteiger partial charge in [0.2, 0.25) is 12.1 Å². The summed E-state index contributed by atoms with van der Waals surface area (Å²) in [5.41, 5.74) is 3.07. The average Bonchev–Trinajstić information content (AvgIpc) is 3.14. The number of carbonyl (C=O) groups is 1. The number of nitrogens with one attached hydrogen (secondary N) is 1. The van der Waals surface area contributed by atoms with Gasteiger partial charge in [-0.15, -0.1) is 4.68 Å². The molecular weight excluding hydrogens is 238 g/mol. The van der Waals surface area contributed by atoms with E-state index in [0.29, 0.717) is 6.04 Å². The minimum Gasteiger partial charge on any atom is -0.355 e. The summed E-state index contributed by atoms with van der Waals surface area (Å²) in [4.78, 5) is 11.6. The molecule has 19 heavy (non-hydrogen) atoms. The number of carbonyl (C=O) groups excluding carboxylic acids is 1. The van der Waals surface area contributed by atoms with Crippen molar-refractivity contribution in [3.8, 4) is 0 Å². The second-order valence-electron chi connectivity index (χ2n) is 5.45. The number of aromatic nitrogens is 2. The van der Waals surface area contributed by atoms with Crippen LogP contribution in [0.1, 0.15) is 44.0 Å². The van der Waals surface area contributed by atoms with Gasteiger partial charge in [0.1, 0.15) is 0 Å². The molecule has 2 unspecified atom stereocenters. The Morgan fingerprint density at radius 1 is 1.63 bits per heavy atom. The molecule has 1 aromatic rings. The van der Waals surface area contributed by atoms with Gasteiger partial charge in [0, 0.05) is 25.0 Å². The SMILES string of the molecule is CCC1CC1[n+]1cc(C=C(C)C(=O)NC)c(C)n1C. The summed E-state index contributed by atoms with van der Waals surface area (Å²) in [7, 11) is 3.75. The summed E-state index contributed by atoms with van der Waals surface area (Å²) in [6, 6.07) is 0.635. The lowest BCUT2D eigenvalue weighted by molar-refractivity contribution is -0.779. The summed E-state index contributed by atoms with van der Waals surface area (Å²) in [5, 5.41) is 2.66. The molecule has 1 aliphatic rings. The molecule has 2 atom stereocenters. The first kappa shape index (κ1) is 13.8. The van der Waals surface area contributed by atoms with Crippen LogP contribution in [0.4, 0.5) is 0 Å². The Kier molecular flexibility index (Phi) is 3.78. The molecule has 1 aliphatic carbocycles. The van der Waals surface area contributed by atoms with Gasteiger partial charge in [-0.05, 0) is 26.3 Å². The topological polar surface area (TPSA) is 37.9 Å². The standard InChI is InChI=1S/C15H23N3O/c1-6-12-8-14(12)18-9-13(11(3)17(18)5)7-10(2)15(19)16-4/h7,9,12,14H,6,8H2,1-5H3/p+1. The molecule has 2 rings (SSSR count). The maximum absolute atomic E-state index is 11.6. The quantitative estimate of drug-likeness (QED) is 0.651. The minimum atomic E-state index is -0.0207. The molecule has 1 saturated carbocycles. The molecule has 4 nitrogen and oxygen atoms in total. The van der Waals surface area contributed by atoms with E-state index >= 15 is 0 Å². The van der Waals surface area contributed by atoms with Gasteiger partial charge in [0.25, 0.3) is 0 Å². The lowest BCUT2D eigenvalue weighted by Gasteiger charge is -1.98. The highest BCUT2D eigenvalue weighted by atomic mass is 16.1. The number of hydrogen-bond donors (Lipinski definition) is 1. The second-order valence-corrected chi connectivity index (χ2v) is 5.45. The van der Waals surface area contributed by atoms with E-state index in [2.05, 4.69) is 41.8 Å². The Hall–Kier alpha value is -1.58. The maximum Gasteiger partial charge on any atom is 0.246 e. The van der Waals surface area contributed by atoms with Crippen LogP contribution in [-0.4, -0.2) is 17.6 Å². The summed E-state index contributed by atoms with van der Waals surface area (Å²) < 4.78 is 4.51. The first-order chi connectivity index (χ1) is 8.99. The monoisotopic (exact) mass is 262 g/mol. The molecule has 104 valence electrons. The molecule has 1 fully saturated rings. The van der Waals surface area contributed by atoms with Crippen molar-refractivity contribution in [2.75, 3.05) is 7.05 Å². The number of hydrogen-bond acceptors (Lipinski definition) is 1. The van der Waals surface area contributed by atoms with E-state index in [0.717, 1.165) is 17.1 Å². The number of likely N-dealkylation sites (N-methyl/N-ethyl adjacent to an activating group) is 1. The fourth-order valence-electron chi connectivity index (χ4n) is 2.63. The number of amides is 1. The predicted octanol–water partition coefficient (Wildman–Crippen LogP) is 1.74. The molecule has 4 heteroatoms. The zero-order valence-corrected chi connectivity index (χ0v) is 12.5. The largest absolute Gasteiger partial charge is 0.355 e. The third kappa shape index (κ3) is 2.57. The molecule has 0 radical (unpaired) electrons. The molecule has 1 amide bonds. The van der Waals surface area contributed by atoms with Gasteiger partial charge in [0.05, 0.1) is 18.3 Å². The van der Waals surface area contributed by atoms with Gasteiger partial charge in [-0.1, -0.05) is 6.92 Å². The molecular formula is C15H24N3O+. The van der Waals surface area contributed by atoms with Crippen LogP contribution in [0.3, 0.4) is 0 Å². The Morgan fingerprint density at radius 2 is 2.32 bits per heavy atom. The van der Waals surface area contributed by atoms with E-state index in [1.165, 1.54) is 18.5 Å². The third-order valence-electron chi connectivity index (χ3n) is 4.23. The first-order valence-corrected chi connectivity index (χ1v) is 6.97. The van der Waals surface area contributed by atoms with E-state index in [-0.39, 0.29) is 5.91 Å². The zero-order valence-electron chi connectivity index (χ0n) is 12.5. The Labute approximate surface area is 115 Å². The highest BCUT2D eigenvalue weighted by Crippen LogP contribution is 2.41. The van der Waals surface area contributed by atoms with Gasteiger partial charge in [-0.3, -0.25) is 4.79 Å². The molecule has 0 saturated heterocycles. The van der Waals surface area contributed by atoms with Crippen molar-refractivity contribution < 1.29 is 9.48 Å². The van der Waals surface area contributed by atoms with E-state index in [1.807, 2.05) is 13.0 Å². The number of nitrogens with zero attached hydrogens (tertiary/aromatic N) is 2. The van der Waals surface area contributed by atoms with Gasteiger partial charge in [-0.25, -0.2) is 0 Å². The zero-order chi connectivity index (χ0) is 14.2. The van der Waals surface area contributed by atoms with Crippen LogP contribution in [0.15, 0.2) is 11.8 Å². The third-order valence-corrected chi connectivity index (χ3v) is 4.23. The van der Waals surface area contributed by atoms with Crippen LogP contribution in [0.5, 0.6) is 0 Å². The predicted molar refractivity (Wildman–Crippen MR) is 75.5 cm³/mol. The van der Waals surface area contributed by atoms with Crippen LogP contribution in [0.25, 0.3) is 6.08 Å². The van der Waals surface area contributed by atoms with E-state index in [4.69, 9.17) is 0 Å². The molecule has 0 aromatic carbocycles. The van der Waals surface area contributed by atoms with Crippen molar-refractivity contribution in [2.24, 2.45) is 13.0 Å². The Bertz CT molecular complexity index is 528. The highest BCUT2D eigenvalue weighted by molar-refractivity contribution is 5.97. The Morgan fingerprint density at radius 3 is 2.84 bits per heavy atom. The van der Waals surface area contributed by atoms with Crippen molar-refractivity contribution in [1.29, 1.82) is 0 Å². The highest BCUT2D eigenvalue weighted by Gasteiger charge is 2.46. The fraction of sp³-hybridized carbons (Fsp3) is 0.600. The van der Waals surface area contributed by atoms with Crippen LogP contribution in [0.2, 0.25) is 0 Å². The smallest absolute Gasteiger partial charge is 0.246 e. The normalized spacial score (nSPS) is 22.5. The lowest BCUT2D eigenvalue weighted by atomic mass is 10.1. The summed E-state index contributed by atoms with van der Waals surface area (Å²) in [6.45, 7) is 6.20. The van der Waals surface area contributed by atoms with E-state index < -0.39 is 0 Å². The van der Waals surface area contributed by atoms with Gasteiger partial charge in [0.15, 0.2) is 6.04 Å². The van der Waals surface area contributed by atoms with Crippen molar-refractivity contribution >= 4 is 12.0 Å². The van der Waals surface area contributed by atoms with E-state index in [1.54, 1.807) is 7.05 Å². The summed E-state index contributed by atoms with van der Waals surface area (Å²) >= 11 is 0. The molecule has 0 aliphatic heterocycles. The summed E-state index contributed by atoms with van der Waals surface area (Å²) in [6.07, 6.45) is 6.65. The molecule has 1 heterocycles. The van der Waals surface area contributed by atoms with Gasteiger partial charge in [-0.2, -0.15) is 4.68 Å². The van der Waals surface area contributed by atoms with Gasteiger partial charge < -0.3 is 5.32 Å². The van der Waals surface area contributed by atoms with Crippen LogP contribution < -0.4 is 10.00 Å². The molecule has 0 bridgehead atoms. The second kappa shape index (κ2) is 5.19. The maximum atomic E-state index is 11.6. The molecule has 1 aromatic heterocycles.